The zero-order valence-corrected chi connectivity index (χ0v) is 10.4. The number of nitrogens with one attached hydrogen (secondary N) is 1. The molecule has 1 saturated carbocycles. The van der Waals surface area contributed by atoms with Crippen LogP contribution >= 0.6 is 0 Å². The Bertz CT molecular complexity index is 705. The summed E-state index contributed by atoms with van der Waals surface area (Å²) < 4.78 is 13.2. The third kappa shape index (κ3) is 2.01. The van der Waals surface area contributed by atoms with Gasteiger partial charge >= 0.3 is 0 Å². The number of hydrogen-bond donors (Lipinski definition) is 2. The van der Waals surface area contributed by atoms with Crippen LogP contribution in [0.3, 0.4) is 0 Å². The number of H-pyrrole nitrogens is 1. The van der Waals surface area contributed by atoms with Crippen molar-refractivity contribution in [2.24, 2.45) is 0 Å². The van der Waals surface area contributed by atoms with E-state index in [1.807, 2.05) is 6.92 Å². The lowest BCUT2D eigenvalue weighted by molar-refractivity contribution is 0.446. The van der Waals surface area contributed by atoms with E-state index in [-0.39, 0.29) is 16.9 Å². The molecule has 2 N–H and O–H groups in total. The van der Waals surface area contributed by atoms with E-state index in [2.05, 4.69) is 9.97 Å². The second-order valence-corrected chi connectivity index (χ2v) is 5.18. The summed E-state index contributed by atoms with van der Waals surface area (Å²) in [7, 11) is 0. The summed E-state index contributed by atoms with van der Waals surface area (Å²) in [5.41, 5.74) is -0.260. The topological polar surface area (TPSA) is 66.0 Å². The van der Waals surface area contributed by atoms with E-state index in [0.29, 0.717) is 11.4 Å². The molecule has 0 aliphatic heterocycles. The van der Waals surface area contributed by atoms with Crippen molar-refractivity contribution in [3.05, 3.63) is 46.3 Å². The van der Waals surface area contributed by atoms with Gasteiger partial charge in [-0.15, -0.1) is 0 Å². The maximum atomic E-state index is 13.2. The van der Waals surface area contributed by atoms with Crippen molar-refractivity contribution in [3.63, 3.8) is 0 Å². The quantitative estimate of drug-likeness (QED) is 0.871. The fraction of sp³-hybridized carbons (Fsp3) is 0.286. The van der Waals surface area contributed by atoms with Crippen LogP contribution < -0.4 is 5.56 Å². The molecule has 0 spiro atoms. The first-order valence-corrected chi connectivity index (χ1v) is 6.09. The van der Waals surface area contributed by atoms with Gasteiger partial charge < -0.3 is 10.1 Å². The van der Waals surface area contributed by atoms with Crippen molar-refractivity contribution in [2.75, 3.05) is 0 Å². The summed E-state index contributed by atoms with van der Waals surface area (Å²) in [6, 6.07) is 5.53. The van der Waals surface area contributed by atoms with Gasteiger partial charge in [0.15, 0.2) is 0 Å². The van der Waals surface area contributed by atoms with Crippen LogP contribution in [-0.4, -0.2) is 15.1 Å². The standard InChI is InChI=1S/C14H13FN2O2/c1-14(5-6-14)13-16-11(18)10(12(19)17-13)8-3-2-4-9(15)7-8/h2-4,7H,5-6H2,1H3,(H2,16,17,18,19). The van der Waals surface area contributed by atoms with Gasteiger partial charge in [-0.2, -0.15) is 4.98 Å². The van der Waals surface area contributed by atoms with Crippen molar-refractivity contribution >= 4 is 0 Å². The predicted molar refractivity (Wildman–Crippen MR) is 68.5 cm³/mol. The van der Waals surface area contributed by atoms with Gasteiger partial charge in [0.25, 0.3) is 5.56 Å². The average Bonchev–Trinajstić information content (AvgIpc) is 3.08. The van der Waals surface area contributed by atoms with Crippen molar-refractivity contribution in [2.45, 2.75) is 25.2 Å². The molecule has 0 bridgehead atoms. The molecule has 0 saturated heterocycles. The van der Waals surface area contributed by atoms with Crippen LogP contribution in [0.2, 0.25) is 0 Å². The largest absolute Gasteiger partial charge is 0.493 e. The van der Waals surface area contributed by atoms with Crippen LogP contribution in [0.1, 0.15) is 25.6 Å². The molecular weight excluding hydrogens is 247 g/mol. The van der Waals surface area contributed by atoms with Crippen molar-refractivity contribution in [3.8, 4) is 17.0 Å². The van der Waals surface area contributed by atoms with Crippen LogP contribution in [0.4, 0.5) is 4.39 Å². The van der Waals surface area contributed by atoms with Crippen LogP contribution in [0.25, 0.3) is 11.1 Å². The molecule has 0 radical (unpaired) electrons. The molecule has 1 fully saturated rings. The Morgan fingerprint density at radius 3 is 2.74 bits per heavy atom. The maximum absolute atomic E-state index is 13.2. The predicted octanol–water partition coefficient (Wildman–Crippen LogP) is 2.33. The molecule has 98 valence electrons. The highest BCUT2D eigenvalue weighted by atomic mass is 19.1. The Labute approximate surface area is 109 Å². The number of hydrogen-bond acceptors (Lipinski definition) is 3. The van der Waals surface area contributed by atoms with Gasteiger partial charge in [0.2, 0.25) is 5.88 Å². The minimum absolute atomic E-state index is 0.00694. The SMILES string of the molecule is CC1(c2nc(O)c(-c3cccc(F)c3)c(=O)[nH]2)CC1. The highest BCUT2D eigenvalue weighted by Crippen LogP contribution is 2.46. The summed E-state index contributed by atoms with van der Waals surface area (Å²) in [6.45, 7) is 1.98. The molecule has 2 aromatic rings. The third-order valence-corrected chi connectivity index (χ3v) is 3.59. The molecule has 1 aliphatic carbocycles. The fourth-order valence-corrected chi connectivity index (χ4v) is 2.08. The van der Waals surface area contributed by atoms with Crippen molar-refractivity contribution in [1.29, 1.82) is 0 Å². The van der Waals surface area contributed by atoms with Gasteiger partial charge in [0, 0.05) is 5.41 Å². The first-order valence-electron chi connectivity index (χ1n) is 6.09. The van der Waals surface area contributed by atoms with Crippen LogP contribution in [0.15, 0.2) is 29.1 Å². The number of benzene rings is 1. The summed E-state index contributed by atoms with van der Waals surface area (Å²) in [4.78, 5) is 18.8. The Balaban J connectivity index is 2.15. The van der Waals surface area contributed by atoms with Gasteiger partial charge in [-0.1, -0.05) is 19.1 Å². The molecule has 0 amide bonds. The monoisotopic (exact) mass is 260 g/mol. The lowest BCUT2D eigenvalue weighted by Crippen LogP contribution is -2.18. The number of halogens is 1. The first kappa shape index (κ1) is 11.9. The molecule has 1 aromatic heterocycles. The Kier molecular flexibility index (Phi) is 2.45. The molecule has 3 rings (SSSR count). The average molecular weight is 260 g/mol. The van der Waals surface area contributed by atoms with E-state index in [1.54, 1.807) is 6.07 Å². The smallest absolute Gasteiger partial charge is 0.262 e. The summed E-state index contributed by atoms with van der Waals surface area (Å²) in [5, 5.41) is 9.95. The van der Waals surface area contributed by atoms with Crippen LogP contribution in [0, 0.1) is 5.82 Å². The van der Waals surface area contributed by atoms with Gasteiger partial charge in [-0.25, -0.2) is 4.39 Å². The van der Waals surface area contributed by atoms with Crippen molar-refractivity contribution < 1.29 is 9.50 Å². The van der Waals surface area contributed by atoms with E-state index in [0.717, 1.165) is 12.8 Å². The van der Waals surface area contributed by atoms with Crippen LogP contribution in [-0.2, 0) is 5.41 Å². The first-order chi connectivity index (χ1) is 8.99. The van der Waals surface area contributed by atoms with E-state index in [9.17, 15) is 14.3 Å². The van der Waals surface area contributed by atoms with Gasteiger partial charge in [0.05, 0.1) is 0 Å². The van der Waals surface area contributed by atoms with Gasteiger partial charge in [-0.05, 0) is 30.5 Å². The lowest BCUT2D eigenvalue weighted by Gasteiger charge is -2.10. The van der Waals surface area contributed by atoms with Crippen LogP contribution in [0.5, 0.6) is 5.88 Å². The fourth-order valence-electron chi connectivity index (χ4n) is 2.08. The second-order valence-electron chi connectivity index (χ2n) is 5.18. The number of rotatable bonds is 2. The summed E-state index contributed by atoms with van der Waals surface area (Å²) in [5.74, 6) is -0.317. The Morgan fingerprint density at radius 2 is 2.16 bits per heavy atom. The van der Waals surface area contributed by atoms with Crippen molar-refractivity contribution in [1.82, 2.24) is 9.97 Å². The number of aromatic nitrogens is 2. The molecular formula is C14H13FN2O2. The zero-order valence-electron chi connectivity index (χ0n) is 10.4. The molecule has 5 heteroatoms. The lowest BCUT2D eigenvalue weighted by atomic mass is 10.1. The van der Waals surface area contributed by atoms with Gasteiger partial charge in [-0.3, -0.25) is 4.79 Å². The highest BCUT2D eigenvalue weighted by Gasteiger charge is 2.42. The Hall–Kier alpha value is -2.17. The number of nitrogens with zero attached hydrogens (tertiary/aromatic N) is 1. The maximum Gasteiger partial charge on any atom is 0.262 e. The molecule has 4 nitrogen and oxygen atoms in total. The molecule has 1 aromatic carbocycles. The molecule has 1 heterocycles. The van der Waals surface area contributed by atoms with E-state index >= 15 is 0 Å². The van der Waals surface area contributed by atoms with E-state index in [4.69, 9.17) is 0 Å². The zero-order chi connectivity index (χ0) is 13.6. The number of aromatic amines is 1. The third-order valence-electron chi connectivity index (χ3n) is 3.59. The minimum Gasteiger partial charge on any atom is -0.493 e. The number of aromatic hydroxyl groups is 1. The minimum atomic E-state index is -0.463. The van der Waals surface area contributed by atoms with E-state index in [1.165, 1.54) is 18.2 Å². The normalized spacial score (nSPS) is 16.3. The highest BCUT2D eigenvalue weighted by molar-refractivity contribution is 5.67. The second kappa shape index (κ2) is 3.91. The molecule has 19 heavy (non-hydrogen) atoms. The molecule has 1 aliphatic rings. The van der Waals surface area contributed by atoms with Gasteiger partial charge in [0.1, 0.15) is 17.2 Å². The Morgan fingerprint density at radius 1 is 1.42 bits per heavy atom. The molecule has 0 unspecified atom stereocenters. The van der Waals surface area contributed by atoms with E-state index < -0.39 is 11.4 Å². The summed E-state index contributed by atoms with van der Waals surface area (Å²) >= 11 is 0. The molecule has 0 atom stereocenters. The summed E-state index contributed by atoms with van der Waals surface area (Å²) in [6.07, 6.45) is 1.88.